The highest BCUT2D eigenvalue weighted by atomic mass is 79.9. The van der Waals surface area contributed by atoms with Gasteiger partial charge in [-0.3, -0.25) is 9.59 Å². The summed E-state index contributed by atoms with van der Waals surface area (Å²) in [5.41, 5.74) is 0.325. The van der Waals surface area contributed by atoms with Crippen LogP contribution in [0.5, 0.6) is 0 Å². The van der Waals surface area contributed by atoms with E-state index < -0.39 is 11.7 Å². The number of carbonyl (C=O) groups is 1. The second kappa shape index (κ2) is 7.33. The largest absolute Gasteiger partial charge is 0.307 e. The minimum atomic E-state index is -0.646. The Morgan fingerprint density at radius 3 is 2.77 bits per heavy atom. The Balaban J connectivity index is 1.99. The lowest BCUT2D eigenvalue weighted by Gasteiger charge is -2.13. The van der Waals surface area contributed by atoms with Crippen LogP contribution in [0.25, 0.3) is 10.8 Å². The standard InChI is InChI=1S/C18H16BrFN4O2/c1-10(2)16-13-8-11(19)5-6-12(13)18(26)24(23-16)9-15(25)22-17-14(20)4-3-7-21-17/h3-8,10H,9H2,1-2H3,(H,21,22,25). The van der Waals surface area contributed by atoms with E-state index in [-0.39, 0.29) is 23.8 Å². The molecule has 0 aliphatic rings. The van der Waals surface area contributed by atoms with Crippen LogP contribution in [0.15, 0.2) is 45.8 Å². The average Bonchev–Trinajstić information content (AvgIpc) is 2.59. The Morgan fingerprint density at radius 1 is 1.31 bits per heavy atom. The molecule has 0 spiro atoms. The van der Waals surface area contributed by atoms with Crippen molar-refractivity contribution in [1.29, 1.82) is 0 Å². The van der Waals surface area contributed by atoms with E-state index in [2.05, 4.69) is 31.3 Å². The van der Waals surface area contributed by atoms with Crippen LogP contribution in [-0.4, -0.2) is 20.7 Å². The maximum Gasteiger partial charge on any atom is 0.275 e. The molecule has 0 radical (unpaired) electrons. The molecular formula is C18H16BrFN4O2. The van der Waals surface area contributed by atoms with Crippen LogP contribution in [0.4, 0.5) is 10.2 Å². The fourth-order valence-corrected chi connectivity index (χ4v) is 2.96. The molecule has 0 aliphatic carbocycles. The Kier molecular flexibility index (Phi) is 5.13. The third kappa shape index (κ3) is 3.65. The minimum absolute atomic E-state index is 0.0509. The van der Waals surface area contributed by atoms with Gasteiger partial charge in [0.1, 0.15) is 6.54 Å². The average molecular weight is 419 g/mol. The van der Waals surface area contributed by atoms with Gasteiger partial charge in [0.2, 0.25) is 5.91 Å². The fourth-order valence-electron chi connectivity index (χ4n) is 2.60. The molecule has 2 aromatic heterocycles. The number of hydrogen-bond donors (Lipinski definition) is 1. The van der Waals surface area contributed by atoms with E-state index >= 15 is 0 Å². The molecule has 8 heteroatoms. The molecular weight excluding hydrogens is 403 g/mol. The van der Waals surface area contributed by atoms with E-state index in [9.17, 15) is 14.0 Å². The van der Waals surface area contributed by atoms with E-state index in [4.69, 9.17) is 0 Å². The van der Waals surface area contributed by atoms with Crippen LogP contribution in [0.1, 0.15) is 25.5 Å². The quantitative estimate of drug-likeness (QED) is 0.703. The Morgan fingerprint density at radius 2 is 2.08 bits per heavy atom. The number of benzene rings is 1. The SMILES string of the molecule is CC(C)c1nn(CC(=O)Nc2ncccc2F)c(=O)c2ccc(Br)cc12. The molecule has 3 rings (SSSR count). The lowest BCUT2D eigenvalue weighted by atomic mass is 10.0. The summed E-state index contributed by atoms with van der Waals surface area (Å²) in [5, 5.41) is 7.93. The summed E-state index contributed by atoms with van der Waals surface area (Å²) in [5.74, 6) is -1.36. The summed E-state index contributed by atoms with van der Waals surface area (Å²) in [7, 11) is 0. The fraction of sp³-hybridized carbons (Fsp3) is 0.222. The molecule has 3 aromatic rings. The number of hydrogen-bond acceptors (Lipinski definition) is 4. The number of nitrogens with one attached hydrogen (secondary N) is 1. The van der Waals surface area contributed by atoms with E-state index in [1.165, 1.54) is 18.3 Å². The van der Waals surface area contributed by atoms with Crippen LogP contribution in [0.3, 0.4) is 0 Å². The van der Waals surface area contributed by atoms with Gasteiger partial charge < -0.3 is 5.32 Å². The zero-order valence-corrected chi connectivity index (χ0v) is 15.7. The molecule has 26 heavy (non-hydrogen) atoms. The van der Waals surface area contributed by atoms with Gasteiger partial charge in [-0.2, -0.15) is 5.10 Å². The van der Waals surface area contributed by atoms with Crippen molar-refractivity contribution in [3.05, 3.63) is 62.9 Å². The van der Waals surface area contributed by atoms with Gasteiger partial charge in [-0.25, -0.2) is 14.1 Å². The maximum atomic E-state index is 13.6. The van der Waals surface area contributed by atoms with E-state index in [1.807, 2.05) is 19.9 Å². The molecule has 134 valence electrons. The topological polar surface area (TPSA) is 76.9 Å². The first-order valence-electron chi connectivity index (χ1n) is 7.97. The molecule has 0 saturated carbocycles. The van der Waals surface area contributed by atoms with Gasteiger partial charge in [0.05, 0.1) is 11.1 Å². The van der Waals surface area contributed by atoms with Crippen LogP contribution < -0.4 is 10.9 Å². The monoisotopic (exact) mass is 418 g/mol. The second-order valence-corrected chi connectivity index (χ2v) is 6.99. The molecule has 0 atom stereocenters. The lowest BCUT2D eigenvalue weighted by molar-refractivity contribution is -0.117. The number of aromatic nitrogens is 3. The zero-order valence-electron chi connectivity index (χ0n) is 14.2. The predicted octanol–water partition coefficient (Wildman–Crippen LogP) is 3.46. The van der Waals surface area contributed by atoms with Crippen LogP contribution in [-0.2, 0) is 11.3 Å². The minimum Gasteiger partial charge on any atom is -0.307 e. The molecule has 6 nitrogen and oxygen atoms in total. The summed E-state index contributed by atoms with van der Waals surface area (Å²) >= 11 is 3.40. The summed E-state index contributed by atoms with van der Waals surface area (Å²) < 4.78 is 15.6. The summed E-state index contributed by atoms with van der Waals surface area (Å²) in [6.45, 7) is 3.59. The van der Waals surface area contributed by atoms with Gasteiger partial charge in [0, 0.05) is 16.1 Å². The molecule has 0 aliphatic heterocycles. The highest BCUT2D eigenvalue weighted by Crippen LogP contribution is 2.24. The van der Waals surface area contributed by atoms with Crippen molar-refractivity contribution in [3.63, 3.8) is 0 Å². The first-order valence-corrected chi connectivity index (χ1v) is 8.76. The molecule has 2 heterocycles. The summed E-state index contributed by atoms with van der Waals surface area (Å²) in [6.07, 6.45) is 1.37. The van der Waals surface area contributed by atoms with Crippen LogP contribution in [0.2, 0.25) is 0 Å². The van der Waals surface area contributed by atoms with Crippen molar-refractivity contribution in [2.45, 2.75) is 26.3 Å². The Hall–Kier alpha value is -2.61. The van der Waals surface area contributed by atoms with E-state index in [0.29, 0.717) is 11.1 Å². The third-order valence-electron chi connectivity index (χ3n) is 3.81. The number of halogens is 2. The Labute approximate surface area is 157 Å². The number of fused-ring (bicyclic) bond motifs is 1. The maximum absolute atomic E-state index is 13.6. The van der Waals surface area contributed by atoms with Gasteiger partial charge in [-0.1, -0.05) is 29.8 Å². The van der Waals surface area contributed by atoms with Crippen molar-refractivity contribution in [1.82, 2.24) is 14.8 Å². The molecule has 1 N–H and O–H groups in total. The molecule has 0 bridgehead atoms. The summed E-state index contributed by atoms with van der Waals surface area (Å²) in [6, 6.07) is 7.92. The number of carbonyl (C=O) groups excluding carboxylic acids is 1. The third-order valence-corrected chi connectivity index (χ3v) is 4.30. The molecule has 0 fully saturated rings. The van der Waals surface area contributed by atoms with Gasteiger partial charge in [0.15, 0.2) is 11.6 Å². The van der Waals surface area contributed by atoms with Gasteiger partial charge in [-0.15, -0.1) is 0 Å². The summed E-state index contributed by atoms with van der Waals surface area (Å²) in [4.78, 5) is 28.7. The highest BCUT2D eigenvalue weighted by molar-refractivity contribution is 9.10. The number of amides is 1. The Bertz CT molecular complexity index is 1050. The van der Waals surface area contributed by atoms with Crippen molar-refractivity contribution < 1.29 is 9.18 Å². The highest BCUT2D eigenvalue weighted by Gasteiger charge is 2.16. The first-order chi connectivity index (χ1) is 12.4. The van der Waals surface area contributed by atoms with Crippen LogP contribution >= 0.6 is 15.9 Å². The van der Waals surface area contributed by atoms with Gasteiger partial charge >= 0.3 is 0 Å². The van der Waals surface area contributed by atoms with Crippen molar-refractivity contribution in [2.75, 3.05) is 5.32 Å². The van der Waals surface area contributed by atoms with E-state index in [1.54, 1.807) is 12.1 Å². The van der Waals surface area contributed by atoms with Crippen molar-refractivity contribution in [3.8, 4) is 0 Å². The number of rotatable bonds is 4. The van der Waals surface area contributed by atoms with Gasteiger partial charge in [-0.05, 0) is 36.2 Å². The van der Waals surface area contributed by atoms with Gasteiger partial charge in [0.25, 0.3) is 5.56 Å². The zero-order chi connectivity index (χ0) is 18.8. The number of anilines is 1. The first kappa shape index (κ1) is 18.2. The van der Waals surface area contributed by atoms with Crippen molar-refractivity contribution in [2.24, 2.45) is 0 Å². The van der Waals surface area contributed by atoms with Crippen LogP contribution in [0, 0.1) is 5.82 Å². The molecule has 1 amide bonds. The van der Waals surface area contributed by atoms with Crippen molar-refractivity contribution >= 4 is 38.4 Å². The number of nitrogens with zero attached hydrogens (tertiary/aromatic N) is 3. The van der Waals surface area contributed by atoms with E-state index in [0.717, 1.165) is 14.5 Å². The normalized spacial score (nSPS) is 11.1. The predicted molar refractivity (Wildman–Crippen MR) is 101 cm³/mol. The second-order valence-electron chi connectivity index (χ2n) is 6.07. The molecule has 0 saturated heterocycles. The smallest absolute Gasteiger partial charge is 0.275 e. The molecule has 0 unspecified atom stereocenters. The number of pyridine rings is 1. The lowest BCUT2D eigenvalue weighted by Crippen LogP contribution is -2.31. The molecule has 1 aromatic carbocycles.